The second-order valence-corrected chi connectivity index (χ2v) is 6.09. The van der Waals surface area contributed by atoms with Gasteiger partial charge in [0.2, 0.25) is 5.95 Å². The van der Waals surface area contributed by atoms with Crippen LogP contribution in [0.4, 0.5) is 5.95 Å². The van der Waals surface area contributed by atoms with E-state index in [4.69, 9.17) is 0 Å². The first-order chi connectivity index (χ1) is 10.7. The summed E-state index contributed by atoms with van der Waals surface area (Å²) < 4.78 is 1.94. The number of hydrogen-bond acceptors (Lipinski definition) is 4. The van der Waals surface area contributed by atoms with Gasteiger partial charge in [0.25, 0.3) is 5.56 Å². The minimum Gasteiger partial charge on any atom is -0.355 e. The lowest BCUT2D eigenvalue weighted by atomic mass is 9.89. The molecule has 2 heterocycles. The molecule has 118 valence electrons. The molecule has 1 aliphatic carbocycles. The topological polar surface area (TPSA) is 75.6 Å². The van der Waals surface area contributed by atoms with Gasteiger partial charge >= 0.3 is 0 Å². The Hall–Kier alpha value is -2.11. The molecule has 0 bridgehead atoms. The Morgan fingerprint density at radius 3 is 2.95 bits per heavy atom. The molecule has 0 amide bonds. The highest BCUT2D eigenvalue weighted by atomic mass is 16.1. The predicted molar refractivity (Wildman–Crippen MR) is 86.0 cm³/mol. The van der Waals surface area contributed by atoms with Gasteiger partial charge in [-0.25, -0.2) is 9.97 Å². The number of nitrogens with one attached hydrogen (secondary N) is 2. The average Bonchev–Trinajstić information content (AvgIpc) is 3.07. The Balaban J connectivity index is 1.70. The molecule has 1 fully saturated rings. The van der Waals surface area contributed by atoms with Crippen molar-refractivity contribution in [3.63, 3.8) is 0 Å². The van der Waals surface area contributed by atoms with E-state index < -0.39 is 0 Å². The summed E-state index contributed by atoms with van der Waals surface area (Å²) in [5, 5.41) is 3.30. The highest BCUT2D eigenvalue weighted by molar-refractivity contribution is 5.26. The van der Waals surface area contributed by atoms with Crippen molar-refractivity contribution in [2.75, 3.05) is 11.9 Å². The average molecular weight is 301 g/mol. The van der Waals surface area contributed by atoms with Gasteiger partial charge in [0.1, 0.15) is 0 Å². The van der Waals surface area contributed by atoms with Crippen LogP contribution in [0.2, 0.25) is 0 Å². The second kappa shape index (κ2) is 6.77. The first-order valence-corrected chi connectivity index (χ1v) is 8.05. The maximum atomic E-state index is 11.9. The van der Waals surface area contributed by atoms with Crippen molar-refractivity contribution < 1.29 is 0 Å². The van der Waals surface area contributed by atoms with Crippen molar-refractivity contribution >= 4 is 5.95 Å². The zero-order chi connectivity index (χ0) is 15.4. The zero-order valence-electron chi connectivity index (χ0n) is 13.0. The molecule has 1 aliphatic rings. The van der Waals surface area contributed by atoms with Crippen LogP contribution in [-0.4, -0.2) is 26.1 Å². The molecule has 3 rings (SSSR count). The van der Waals surface area contributed by atoms with Crippen molar-refractivity contribution in [2.45, 2.75) is 45.1 Å². The molecule has 0 spiro atoms. The van der Waals surface area contributed by atoms with E-state index in [1.807, 2.05) is 17.7 Å². The van der Waals surface area contributed by atoms with Crippen LogP contribution < -0.4 is 10.9 Å². The molecule has 0 radical (unpaired) electrons. The standard InChI is InChI=1S/C16H23N5O/c1-12(21-8-7-17-11-21)14-9-15(22)20-16(19-14)18-10-13-5-3-2-4-6-13/h7-9,11-13H,2-6,10H2,1H3,(H2,18,19,20,22). The van der Waals surface area contributed by atoms with E-state index in [1.54, 1.807) is 18.6 Å². The van der Waals surface area contributed by atoms with Crippen LogP contribution in [0.5, 0.6) is 0 Å². The minimum atomic E-state index is -0.122. The van der Waals surface area contributed by atoms with Gasteiger partial charge in [0.15, 0.2) is 0 Å². The summed E-state index contributed by atoms with van der Waals surface area (Å²) in [5.41, 5.74) is 0.621. The summed E-state index contributed by atoms with van der Waals surface area (Å²) in [4.78, 5) is 23.3. The van der Waals surface area contributed by atoms with Crippen LogP contribution in [0.25, 0.3) is 0 Å². The van der Waals surface area contributed by atoms with E-state index in [2.05, 4.69) is 20.3 Å². The summed E-state index contributed by atoms with van der Waals surface area (Å²) in [5.74, 6) is 1.26. The summed E-state index contributed by atoms with van der Waals surface area (Å²) in [6.45, 7) is 2.89. The molecule has 2 aromatic heterocycles. The molecule has 6 heteroatoms. The van der Waals surface area contributed by atoms with E-state index in [1.165, 1.54) is 32.1 Å². The molecule has 6 nitrogen and oxygen atoms in total. The van der Waals surface area contributed by atoms with Gasteiger partial charge < -0.3 is 9.88 Å². The van der Waals surface area contributed by atoms with Crippen LogP contribution >= 0.6 is 0 Å². The van der Waals surface area contributed by atoms with Crippen LogP contribution in [0.1, 0.15) is 50.8 Å². The fraction of sp³-hybridized carbons (Fsp3) is 0.562. The smallest absolute Gasteiger partial charge is 0.252 e. The van der Waals surface area contributed by atoms with Crippen LogP contribution in [0, 0.1) is 5.92 Å². The zero-order valence-corrected chi connectivity index (χ0v) is 13.0. The van der Waals surface area contributed by atoms with E-state index in [-0.39, 0.29) is 11.6 Å². The minimum absolute atomic E-state index is 0.0139. The first kappa shape index (κ1) is 14.8. The Labute approximate surface area is 130 Å². The summed E-state index contributed by atoms with van der Waals surface area (Å²) >= 11 is 0. The number of aromatic nitrogens is 4. The molecule has 0 aromatic carbocycles. The fourth-order valence-corrected chi connectivity index (χ4v) is 3.06. The van der Waals surface area contributed by atoms with Crippen LogP contribution in [0.3, 0.4) is 0 Å². The molecule has 0 saturated heterocycles. The molecule has 2 aromatic rings. The predicted octanol–water partition coefficient (Wildman–Crippen LogP) is 2.57. The largest absolute Gasteiger partial charge is 0.355 e. The van der Waals surface area contributed by atoms with Gasteiger partial charge in [0, 0.05) is 25.0 Å². The highest BCUT2D eigenvalue weighted by Gasteiger charge is 2.15. The molecule has 1 unspecified atom stereocenters. The molecule has 22 heavy (non-hydrogen) atoms. The maximum Gasteiger partial charge on any atom is 0.252 e. The van der Waals surface area contributed by atoms with Gasteiger partial charge in [-0.1, -0.05) is 19.3 Å². The number of rotatable bonds is 5. The second-order valence-electron chi connectivity index (χ2n) is 6.09. The Morgan fingerprint density at radius 1 is 1.41 bits per heavy atom. The van der Waals surface area contributed by atoms with E-state index in [0.29, 0.717) is 11.9 Å². The molecule has 1 atom stereocenters. The number of H-pyrrole nitrogens is 1. The lowest BCUT2D eigenvalue weighted by Crippen LogP contribution is -2.21. The number of hydrogen-bond donors (Lipinski definition) is 2. The van der Waals surface area contributed by atoms with Crippen molar-refractivity contribution in [1.82, 2.24) is 19.5 Å². The number of nitrogens with zero attached hydrogens (tertiary/aromatic N) is 3. The summed E-state index contributed by atoms with van der Waals surface area (Å²) in [6, 6.07) is 1.54. The van der Waals surface area contributed by atoms with Gasteiger partial charge in [-0.3, -0.25) is 9.78 Å². The van der Waals surface area contributed by atoms with Crippen LogP contribution in [0.15, 0.2) is 29.6 Å². The van der Waals surface area contributed by atoms with Crippen LogP contribution in [-0.2, 0) is 0 Å². The lowest BCUT2D eigenvalue weighted by molar-refractivity contribution is 0.373. The van der Waals surface area contributed by atoms with E-state index in [9.17, 15) is 4.79 Å². The summed E-state index contributed by atoms with van der Waals surface area (Å²) in [7, 11) is 0. The quantitative estimate of drug-likeness (QED) is 0.890. The van der Waals surface area contributed by atoms with Gasteiger partial charge in [-0.15, -0.1) is 0 Å². The number of aromatic amines is 1. The summed E-state index contributed by atoms with van der Waals surface area (Å²) in [6.07, 6.45) is 11.9. The lowest BCUT2D eigenvalue weighted by Gasteiger charge is -2.22. The first-order valence-electron chi connectivity index (χ1n) is 8.05. The van der Waals surface area contributed by atoms with Crippen molar-refractivity contribution in [3.05, 3.63) is 40.8 Å². The Morgan fingerprint density at radius 2 is 2.23 bits per heavy atom. The van der Waals surface area contributed by atoms with Crippen molar-refractivity contribution in [3.8, 4) is 0 Å². The fourth-order valence-electron chi connectivity index (χ4n) is 3.06. The van der Waals surface area contributed by atoms with Gasteiger partial charge in [-0.2, -0.15) is 0 Å². The SMILES string of the molecule is CC(c1cc(=O)[nH]c(NCC2CCCCC2)n1)n1ccnc1. The van der Waals surface area contributed by atoms with Crippen molar-refractivity contribution in [1.29, 1.82) is 0 Å². The Kier molecular flexibility index (Phi) is 4.56. The third-order valence-electron chi connectivity index (χ3n) is 4.44. The van der Waals surface area contributed by atoms with E-state index in [0.717, 1.165) is 12.2 Å². The Bertz CT molecular complexity index is 643. The monoisotopic (exact) mass is 301 g/mol. The normalized spacial score (nSPS) is 17.3. The number of anilines is 1. The third-order valence-corrected chi connectivity index (χ3v) is 4.44. The molecular weight excluding hydrogens is 278 g/mol. The molecule has 1 saturated carbocycles. The third kappa shape index (κ3) is 3.55. The number of imidazole rings is 1. The molecule has 2 N–H and O–H groups in total. The van der Waals surface area contributed by atoms with Gasteiger partial charge in [-0.05, 0) is 25.7 Å². The van der Waals surface area contributed by atoms with Gasteiger partial charge in [0.05, 0.1) is 18.1 Å². The highest BCUT2D eigenvalue weighted by Crippen LogP contribution is 2.23. The molecular formula is C16H23N5O. The maximum absolute atomic E-state index is 11.9. The van der Waals surface area contributed by atoms with E-state index >= 15 is 0 Å². The molecule has 0 aliphatic heterocycles. The van der Waals surface area contributed by atoms with Crippen molar-refractivity contribution in [2.24, 2.45) is 5.92 Å².